The molecule has 0 aromatic carbocycles. The summed E-state index contributed by atoms with van der Waals surface area (Å²) in [5.74, 6) is 0. The van der Waals surface area contributed by atoms with Crippen molar-refractivity contribution in [3.05, 3.63) is 30.1 Å². The van der Waals surface area contributed by atoms with E-state index in [0.29, 0.717) is 12.1 Å². The summed E-state index contributed by atoms with van der Waals surface area (Å²) in [6, 6.07) is 7.17. The van der Waals surface area contributed by atoms with Gasteiger partial charge in [0.25, 0.3) is 0 Å². The SMILES string of the molecule is CCN(Cc1ccccn1)C1CCCC(N)C1. The molecule has 1 aliphatic rings. The summed E-state index contributed by atoms with van der Waals surface area (Å²) >= 11 is 0. The predicted octanol–water partition coefficient (Wildman–Crippen LogP) is 2.17. The van der Waals surface area contributed by atoms with Crippen LogP contribution in [-0.4, -0.2) is 28.5 Å². The Bertz CT molecular complexity index is 325. The molecule has 17 heavy (non-hydrogen) atoms. The fourth-order valence-electron chi connectivity index (χ4n) is 2.73. The van der Waals surface area contributed by atoms with Crippen LogP contribution in [0.15, 0.2) is 24.4 Å². The number of hydrogen-bond acceptors (Lipinski definition) is 3. The third-order valence-corrected chi connectivity index (χ3v) is 3.70. The van der Waals surface area contributed by atoms with E-state index in [2.05, 4.69) is 28.9 Å². The van der Waals surface area contributed by atoms with E-state index in [1.807, 2.05) is 12.3 Å². The Balaban J connectivity index is 1.96. The van der Waals surface area contributed by atoms with Gasteiger partial charge in [-0.05, 0) is 37.9 Å². The molecule has 0 bridgehead atoms. The van der Waals surface area contributed by atoms with E-state index in [-0.39, 0.29) is 0 Å². The first-order chi connectivity index (χ1) is 8.29. The maximum absolute atomic E-state index is 6.07. The maximum atomic E-state index is 6.07. The Morgan fingerprint density at radius 1 is 1.41 bits per heavy atom. The topological polar surface area (TPSA) is 42.2 Å². The minimum Gasteiger partial charge on any atom is -0.328 e. The van der Waals surface area contributed by atoms with Crippen molar-refractivity contribution in [1.82, 2.24) is 9.88 Å². The van der Waals surface area contributed by atoms with Crippen LogP contribution in [0, 0.1) is 0 Å². The lowest BCUT2D eigenvalue weighted by Crippen LogP contribution is -2.42. The molecule has 1 aliphatic carbocycles. The minimum atomic E-state index is 0.395. The number of rotatable bonds is 4. The lowest BCUT2D eigenvalue weighted by atomic mass is 9.90. The van der Waals surface area contributed by atoms with Crippen LogP contribution < -0.4 is 5.73 Å². The molecule has 0 saturated heterocycles. The summed E-state index contributed by atoms with van der Waals surface area (Å²) < 4.78 is 0. The van der Waals surface area contributed by atoms with E-state index in [9.17, 15) is 0 Å². The second-order valence-electron chi connectivity index (χ2n) is 4.96. The Hall–Kier alpha value is -0.930. The minimum absolute atomic E-state index is 0.395. The van der Waals surface area contributed by atoms with Gasteiger partial charge in [0, 0.05) is 24.8 Å². The summed E-state index contributed by atoms with van der Waals surface area (Å²) in [7, 11) is 0. The Kier molecular flexibility index (Phi) is 4.51. The Morgan fingerprint density at radius 3 is 2.94 bits per heavy atom. The highest BCUT2D eigenvalue weighted by atomic mass is 15.2. The fourth-order valence-corrected chi connectivity index (χ4v) is 2.73. The van der Waals surface area contributed by atoms with Gasteiger partial charge in [-0.15, -0.1) is 0 Å². The smallest absolute Gasteiger partial charge is 0.0544 e. The zero-order valence-corrected chi connectivity index (χ0v) is 10.7. The van der Waals surface area contributed by atoms with Crippen molar-refractivity contribution < 1.29 is 0 Å². The van der Waals surface area contributed by atoms with Gasteiger partial charge in [-0.2, -0.15) is 0 Å². The molecule has 0 spiro atoms. The number of hydrogen-bond donors (Lipinski definition) is 1. The van der Waals surface area contributed by atoms with Crippen LogP contribution in [0.3, 0.4) is 0 Å². The van der Waals surface area contributed by atoms with E-state index in [4.69, 9.17) is 5.73 Å². The van der Waals surface area contributed by atoms with Gasteiger partial charge in [-0.25, -0.2) is 0 Å². The molecule has 3 heteroatoms. The van der Waals surface area contributed by atoms with E-state index in [1.54, 1.807) is 0 Å². The second-order valence-corrected chi connectivity index (χ2v) is 4.96. The third-order valence-electron chi connectivity index (χ3n) is 3.70. The highest BCUT2D eigenvalue weighted by Gasteiger charge is 2.24. The zero-order chi connectivity index (χ0) is 12.1. The average Bonchev–Trinajstić information content (AvgIpc) is 2.37. The molecule has 3 nitrogen and oxygen atoms in total. The lowest BCUT2D eigenvalue weighted by Gasteiger charge is -2.35. The van der Waals surface area contributed by atoms with Crippen LogP contribution in [0.1, 0.15) is 38.3 Å². The van der Waals surface area contributed by atoms with Crippen molar-refractivity contribution in [2.45, 2.75) is 51.2 Å². The molecule has 0 radical (unpaired) electrons. The first-order valence-corrected chi connectivity index (χ1v) is 6.69. The van der Waals surface area contributed by atoms with Crippen LogP contribution in [-0.2, 0) is 6.54 Å². The van der Waals surface area contributed by atoms with Gasteiger partial charge in [0.2, 0.25) is 0 Å². The highest BCUT2D eigenvalue weighted by molar-refractivity contribution is 5.03. The molecule has 2 N–H and O–H groups in total. The van der Waals surface area contributed by atoms with E-state index >= 15 is 0 Å². The van der Waals surface area contributed by atoms with Gasteiger partial charge < -0.3 is 5.73 Å². The van der Waals surface area contributed by atoms with Crippen molar-refractivity contribution in [2.24, 2.45) is 5.73 Å². The second kappa shape index (κ2) is 6.12. The molecule has 2 atom stereocenters. The molecule has 1 heterocycles. The molecule has 1 aromatic heterocycles. The monoisotopic (exact) mass is 233 g/mol. The van der Waals surface area contributed by atoms with Crippen molar-refractivity contribution in [3.63, 3.8) is 0 Å². The Morgan fingerprint density at radius 2 is 2.29 bits per heavy atom. The summed E-state index contributed by atoms with van der Waals surface area (Å²) in [5, 5.41) is 0. The van der Waals surface area contributed by atoms with Gasteiger partial charge in [-0.3, -0.25) is 9.88 Å². The summed E-state index contributed by atoms with van der Waals surface area (Å²) in [6.45, 7) is 4.26. The van der Waals surface area contributed by atoms with Gasteiger partial charge in [-0.1, -0.05) is 19.4 Å². The fraction of sp³-hybridized carbons (Fsp3) is 0.643. The summed E-state index contributed by atoms with van der Waals surface area (Å²) in [4.78, 5) is 6.92. The molecule has 0 amide bonds. The molecule has 0 aliphatic heterocycles. The quantitative estimate of drug-likeness (QED) is 0.866. The van der Waals surface area contributed by atoms with Crippen LogP contribution in [0.4, 0.5) is 0 Å². The van der Waals surface area contributed by atoms with Crippen molar-refractivity contribution in [3.8, 4) is 0 Å². The average molecular weight is 233 g/mol. The van der Waals surface area contributed by atoms with Gasteiger partial charge >= 0.3 is 0 Å². The number of aromatic nitrogens is 1. The molecular formula is C14H23N3. The summed E-state index contributed by atoms with van der Waals surface area (Å²) in [5.41, 5.74) is 7.23. The third kappa shape index (κ3) is 3.51. The number of nitrogens with zero attached hydrogens (tertiary/aromatic N) is 2. The highest BCUT2D eigenvalue weighted by Crippen LogP contribution is 2.23. The number of nitrogens with two attached hydrogens (primary N) is 1. The van der Waals surface area contributed by atoms with Crippen molar-refractivity contribution in [2.75, 3.05) is 6.54 Å². The van der Waals surface area contributed by atoms with Gasteiger partial charge in [0.05, 0.1) is 5.69 Å². The Labute approximate surface area is 104 Å². The molecule has 94 valence electrons. The summed E-state index contributed by atoms with van der Waals surface area (Å²) in [6.07, 6.45) is 6.76. The maximum Gasteiger partial charge on any atom is 0.0544 e. The van der Waals surface area contributed by atoms with Gasteiger partial charge in [0.15, 0.2) is 0 Å². The molecule has 2 rings (SSSR count). The largest absolute Gasteiger partial charge is 0.328 e. The predicted molar refractivity (Wildman–Crippen MR) is 70.6 cm³/mol. The molecule has 1 aromatic rings. The molecular weight excluding hydrogens is 210 g/mol. The van der Waals surface area contributed by atoms with Gasteiger partial charge in [0.1, 0.15) is 0 Å². The first-order valence-electron chi connectivity index (χ1n) is 6.69. The zero-order valence-electron chi connectivity index (χ0n) is 10.7. The molecule has 1 saturated carbocycles. The van der Waals surface area contributed by atoms with E-state index in [0.717, 1.165) is 25.2 Å². The standard InChI is InChI=1S/C14H23N3/c1-2-17(11-13-7-3-4-9-16-13)14-8-5-6-12(15)10-14/h3-4,7,9,12,14H,2,5-6,8,10-11,15H2,1H3. The van der Waals surface area contributed by atoms with Crippen LogP contribution >= 0.6 is 0 Å². The number of pyridine rings is 1. The van der Waals surface area contributed by atoms with Crippen molar-refractivity contribution in [1.29, 1.82) is 0 Å². The van der Waals surface area contributed by atoms with E-state index < -0.39 is 0 Å². The lowest BCUT2D eigenvalue weighted by molar-refractivity contribution is 0.145. The van der Waals surface area contributed by atoms with Crippen LogP contribution in [0.2, 0.25) is 0 Å². The normalized spacial score (nSPS) is 25.1. The molecule has 1 fully saturated rings. The first kappa shape index (κ1) is 12.5. The van der Waals surface area contributed by atoms with Crippen LogP contribution in [0.25, 0.3) is 0 Å². The molecule has 2 unspecified atom stereocenters. The van der Waals surface area contributed by atoms with E-state index in [1.165, 1.54) is 19.3 Å². The van der Waals surface area contributed by atoms with Crippen molar-refractivity contribution >= 4 is 0 Å². The van der Waals surface area contributed by atoms with Crippen LogP contribution in [0.5, 0.6) is 0 Å².